The normalized spacial score (nSPS) is 18.1. The highest BCUT2D eigenvalue weighted by molar-refractivity contribution is 5.95. The van der Waals surface area contributed by atoms with Gasteiger partial charge in [0, 0.05) is 48.1 Å². The van der Waals surface area contributed by atoms with E-state index in [0.29, 0.717) is 24.2 Å². The van der Waals surface area contributed by atoms with Crippen LogP contribution in [0.5, 0.6) is 11.5 Å². The number of hydrogen-bond donors (Lipinski definition) is 2. The molecule has 36 heavy (non-hydrogen) atoms. The Morgan fingerprint density at radius 3 is 2.39 bits per heavy atom. The molecule has 0 bridgehead atoms. The van der Waals surface area contributed by atoms with Crippen LogP contribution in [0.25, 0.3) is 11.1 Å². The van der Waals surface area contributed by atoms with Crippen LogP contribution in [-0.2, 0) is 6.61 Å². The maximum absolute atomic E-state index is 12.9. The van der Waals surface area contributed by atoms with E-state index in [1.54, 1.807) is 30.5 Å². The van der Waals surface area contributed by atoms with Crippen molar-refractivity contribution in [1.82, 2.24) is 15.2 Å². The molecule has 2 aromatic carbocycles. The third-order valence-electron chi connectivity index (χ3n) is 5.77. The summed E-state index contributed by atoms with van der Waals surface area (Å²) in [5, 5.41) is 3.41. The summed E-state index contributed by atoms with van der Waals surface area (Å²) in [7, 11) is 0. The summed E-state index contributed by atoms with van der Waals surface area (Å²) in [5.41, 5.74) is 8.20. The number of ether oxygens (including phenoxy) is 2. The number of nitrogens with one attached hydrogen (secondary N) is 1. The Hall–Kier alpha value is -3.79. The van der Waals surface area contributed by atoms with Crippen molar-refractivity contribution >= 4 is 11.7 Å². The molecule has 3 N–H and O–H groups in total. The van der Waals surface area contributed by atoms with Crippen LogP contribution in [0, 0.1) is 0 Å². The SMILES string of the molecule is CC1CN(C(=O)c2ccc(-c3cnc(N)c(OCc4ccccc4OC(F)(F)F)c3)cc2)CC(C)N1. The number of nitrogens with zero attached hydrogens (tertiary/aromatic N) is 2. The standard InChI is InChI=1S/C26H27F3N4O3/c1-16-13-33(14-17(2)32-16)25(34)19-9-7-18(8-10-19)21-11-23(24(30)31-12-21)35-15-20-5-3-4-6-22(20)36-26(27,28)29/h3-12,16-17,32H,13-15H2,1-2H3,(H2,30,31). The predicted octanol–water partition coefficient (Wildman–Crippen LogP) is 4.63. The molecule has 10 heteroatoms. The highest BCUT2D eigenvalue weighted by Crippen LogP contribution is 2.31. The number of alkyl halides is 3. The van der Waals surface area contributed by atoms with Crippen LogP contribution in [0.3, 0.4) is 0 Å². The van der Waals surface area contributed by atoms with Crippen molar-refractivity contribution in [3.63, 3.8) is 0 Å². The minimum absolute atomic E-state index is 0.0269. The average molecular weight is 501 g/mol. The number of aromatic nitrogens is 1. The van der Waals surface area contributed by atoms with Gasteiger partial charge in [0.15, 0.2) is 11.6 Å². The number of nitrogens with two attached hydrogens (primary N) is 1. The molecule has 7 nitrogen and oxygen atoms in total. The van der Waals surface area contributed by atoms with Gasteiger partial charge in [-0.15, -0.1) is 13.2 Å². The molecule has 1 fully saturated rings. The first-order valence-corrected chi connectivity index (χ1v) is 11.5. The van der Waals surface area contributed by atoms with Gasteiger partial charge in [-0.05, 0) is 43.7 Å². The van der Waals surface area contributed by atoms with E-state index >= 15 is 0 Å². The Morgan fingerprint density at radius 2 is 1.72 bits per heavy atom. The zero-order valence-electron chi connectivity index (χ0n) is 19.9. The summed E-state index contributed by atoms with van der Waals surface area (Å²) < 4.78 is 47.8. The maximum atomic E-state index is 12.9. The third kappa shape index (κ3) is 6.25. The van der Waals surface area contributed by atoms with Crippen LogP contribution < -0.4 is 20.5 Å². The molecule has 2 atom stereocenters. The molecule has 1 aliphatic heterocycles. The van der Waals surface area contributed by atoms with Crippen molar-refractivity contribution in [2.45, 2.75) is 38.9 Å². The maximum Gasteiger partial charge on any atom is 0.573 e. The molecule has 2 unspecified atom stereocenters. The average Bonchev–Trinajstić information content (AvgIpc) is 2.82. The van der Waals surface area contributed by atoms with Crippen molar-refractivity contribution in [2.75, 3.05) is 18.8 Å². The first-order chi connectivity index (χ1) is 17.1. The molecule has 1 aliphatic rings. The highest BCUT2D eigenvalue weighted by atomic mass is 19.4. The number of hydrogen-bond acceptors (Lipinski definition) is 6. The second kappa shape index (κ2) is 10.4. The number of halogens is 3. The van der Waals surface area contributed by atoms with Gasteiger partial charge in [0.25, 0.3) is 5.91 Å². The lowest BCUT2D eigenvalue weighted by Crippen LogP contribution is -2.55. The molecule has 4 rings (SSSR count). The Bertz CT molecular complexity index is 1210. The summed E-state index contributed by atoms with van der Waals surface area (Å²) in [6, 6.07) is 15.0. The number of para-hydroxylation sites is 1. The summed E-state index contributed by atoms with van der Waals surface area (Å²) >= 11 is 0. The van der Waals surface area contributed by atoms with E-state index in [1.807, 2.05) is 17.0 Å². The summed E-state index contributed by atoms with van der Waals surface area (Å²) in [5.74, 6) is -0.0536. The van der Waals surface area contributed by atoms with Crippen molar-refractivity contribution in [2.24, 2.45) is 0 Å². The molecular weight excluding hydrogens is 473 g/mol. The highest BCUT2D eigenvalue weighted by Gasteiger charge is 2.32. The van der Waals surface area contributed by atoms with Gasteiger partial charge in [-0.3, -0.25) is 4.79 Å². The molecule has 0 saturated carbocycles. The second-order valence-electron chi connectivity index (χ2n) is 8.81. The van der Waals surface area contributed by atoms with Gasteiger partial charge in [0.2, 0.25) is 0 Å². The van der Waals surface area contributed by atoms with Crippen LogP contribution in [0.2, 0.25) is 0 Å². The van der Waals surface area contributed by atoms with E-state index in [-0.39, 0.29) is 47.5 Å². The first-order valence-electron chi connectivity index (χ1n) is 11.5. The lowest BCUT2D eigenvalue weighted by Gasteiger charge is -2.36. The second-order valence-corrected chi connectivity index (χ2v) is 8.81. The molecule has 1 aromatic heterocycles. The van der Waals surface area contributed by atoms with Gasteiger partial charge in [0.05, 0.1) is 0 Å². The number of anilines is 1. The molecule has 1 saturated heterocycles. The number of amides is 1. The quantitative estimate of drug-likeness (QED) is 0.513. The minimum Gasteiger partial charge on any atom is -0.485 e. The molecule has 0 spiro atoms. The number of carbonyl (C=O) groups is 1. The third-order valence-corrected chi connectivity index (χ3v) is 5.77. The van der Waals surface area contributed by atoms with E-state index in [1.165, 1.54) is 18.2 Å². The largest absolute Gasteiger partial charge is 0.573 e. The number of nitrogen functional groups attached to an aromatic ring is 1. The Kier molecular flexibility index (Phi) is 7.35. The number of rotatable bonds is 6. The van der Waals surface area contributed by atoms with E-state index in [0.717, 1.165) is 5.56 Å². The lowest BCUT2D eigenvalue weighted by molar-refractivity contribution is -0.275. The Labute approximate surface area is 207 Å². The van der Waals surface area contributed by atoms with Crippen molar-refractivity contribution in [3.8, 4) is 22.6 Å². The van der Waals surface area contributed by atoms with Gasteiger partial charge in [-0.2, -0.15) is 0 Å². The lowest BCUT2D eigenvalue weighted by atomic mass is 10.0. The van der Waals surface area contributed by atoms with Crippen molar-refractivity contribution in [3.05, 3.63) is 71.9 Å². The summed E-state index contributed by atoms with van der Waals surface area (Å²) in [4.78, 5) is 18.9. The molecule has 2 heterocycles. The number of benzene rings is 2. The number of pyridine rings is 1. The fourth-order valence-corrected chi connectivity index (χ4v) is 4.21. The smallest absolute Gasteiger partial charge is 0.485 e. The van der Waals surface area contributed by atoms with E-state index in [2.05, 4.69) is 28.9 Å². The summed E-state index contributed by atoms with van der Waals surface area (Å²) in [6.45, 7) is 5.19. The van der Waals surface area contributed by atoms with Crippen LogP contribution in [0.1, 0.15) is 29.8 Å². The van der Waals surface area contributed by atoms with Gasteiger partial charge < -0.3 is 25.4 Å². The van der Waals surface area contributed by atoms with Gasteiger partial charge in [-0.25, -0.2) is 4.98 Å². The van der Waals surface area contributed by atoms with Gasteiger partial charge in [-0.1, -0.05) is 30.3 Å². The zero-order valence-corrected chi connectivity index (χ0v) is 19.9. The van der Waals surface area contributed by atoms with E-state index in [4.69, 9.17) is 10.5 Å². The van der Waals surface area contributed by atoms with Gasteiger partial charge >= 0.3 is 6.36 Å². The number of piperazine rings is 1. The molecule has 0 aliphatic carbocycles. The Balaban J connectivity index is 1.48. The van der Waals surface area contributed by atoms with Crippen LogP contribution in [0.4, 0.5) is 19.0 Å². The van der Waals surface area contributed by atoms with Crippen LogP contribution >= 0.6 is 0 Å². The van der Waals surface area contributed by atoms with Gasteiger partial charge in [0.1, 0.15) is 12.4 Å². The van der Waals surface area contributed by atoms with Crippen molar-refractivity contribution in [1.29, 1.82) is 0 Å². The fraction of sp³-hybridized carbons (Fsp3) is 0.308. The Morgan fingerprint density at radius 1 is 1.06 bits per heavy atom. The molecular formula is C26H27F3N4O3. The minimum atomic E-state index is -4.81. The molecule has 0 radical (unpaired) electrons. The molecule has 3 aromatic rings. The van der Waals surface area contributed by atoms with Crippen LogP contribution in [-0.4, -0.2) is 47.3 Å². The topological polar surface area (TPSA) is 89.7 Å². The van der Waals surface area contributed by atoms with Crippen molar-refractivity contribution < 1.29 is 27.4 Å². The molecule has 190 valence electrons. The predicted molar refractivity (Wildman–Crippen MR) is 130 cm³/mol. The first kappa shape index (κ1) is 25.3. The van der Waals surface area contributed by atoms with E-state index < -0.39 is 6.36 Å². The van der Waals surface area contributed by atoms with Crippen LogP contribution in [0.15, 0.2) is 60.8 Å². The zero-order chi connectivity index (χ0) is 25.9. The number of carbonyl (C=O) groups excluding carboxylic acids is 1. The molecule has 1 amide bonds. The van der Waals surface area contributed by atoms with E-state index in [9.17, 15) is 18.0 Å². The fourth-order valence-electron chi connectivity index (χ4n) is 4.21. The monoisotopic (exact) mass is 500 g/mol. The summed E-state index contributed by atoms with van der Waals surface area (Å²) in [6.07, 6.45) is -3.25.